The molecule has 4 heteroatoms. The zero-order valence-corrected chi connectivity index (χ0v) is 12.5. The summed E-state index contributed by atoms with van der Waals surface area (Å²) in [4.78, 5) is 1.25. The predicted octanol–water partition coefficient (Wildman–Crippen LogP) is 5.22. The number of rotatable bonds is 6. The molecule has 0 saturated heterocycles. The average Bonchev–Trinajstić information content (AvgIpc) is 2.91. The Labute approximate surface area is 122 Å². The van der Waals surface area contributed by atoms with Crippen LogP contribution in [-0.2, 0) is 0 Å². The second kappa shape index (κ2) is 6.95. The molecule has 108 valence electrons. The molecule has 0 aliphatic rings. The van der Waals surface area contributed by atoms with E-state index in [9.17, 15) is 8.78 Å². The number of nitrogens with one attached hydrogen (secondary N) is 1. The molecule has 2 unspecified atom stereocenters. The highest BCUT2D eigenvalue weighted by molar-refractivity contribution is 7.10. The van der Waals surface area contributed by atoms with Crippen molar-refractivity contribution in [3.8, 4) is 0 Å². The van der Waals surface area contributed by atoms with Crippen molar-refractivity contribution in [2.24, 2.45) is 0 Å². The van der Waals surface area contributed by atoms with Crippen molar-refractivity contribution in [3.05, 3.63) is 57.8 Å². The fourth-order valence-corrected chi connectivity index (χ4v) is 3.15. The Bertz CT molecular complexity index is 539. The Morgan fingerprint density at radius 3 is 2.65 bits per heavy atom. The fraction of sp³-hybridized carbons (Fsp3) is 0.375. The van der Waals surface area contributed by atoms with E-state index in [1.54, 1.807) is 11.3 Å². The molecule has 1 N–H and O–H groups in total. The summed E-state index contributed by atoms with van der Waals surface area (Å²) in [5, 5.41) is 5.49. The molecular formula is C16H19F2NS. The minimum absolute atomic E-state index is 0.158. The van der Waals surface area contributed by atoms with Crippen LogP contribution in [0, 0.1) is 11.6 Å². The highest BCUT2D eigenvalue weighted by atomic mass is 32.1. The highest BCUT2D eigenvalue weighted by Gasteiger charge is 2.18. The first-order chi connectivity index (χ1) is 9.61. The number of hydrogen-bond acceptors (Lipinski definition) is 2. The smallest absolute Gasteiger partial charge is 0.130 e. The normalized spacial score (nSPS) is 14.2. The van der Waals surface area contributed by atoms with Gasteiger partial charge in [-0.05, 0) is 30.9 Å². The number of thiophene rings is 1. The van der Waals surface area contributed by atoms with Crippen LogP contribution >= 0.6 is 11.3 Å². The Morgan fingerprint density at radius 2 is 2.05 bits per heavy atom. The van der Waals surface area contributed by atoms with Gasteiger partial charge in [-0.1, -0.05) is 25.5 Å². The maximum atomic E-state index is 13.8. The zero-order chi connectivity index (χ0) is 14.5. The molecule has 0 bridgehead atoms. The second-order valence-electron chi connectivity index (χ2n) is 4.91. The van der Waals surface area contributed by atoms with Crippen LogP contribution in [0.15, 0.2) is 35.7 Å². The Kier molecular flexibility index (Phi) is 5.26. The van der Waals surface area contributed by atoms with Gasteiger partial charge in [0, 0.05) is 28.6 Å². The summed E-state index contributed by atoms with van der Waals surface area (Å²) in [5.74, 6) is -1.03. The van der Waals surface area contributed by atoms with E-state index in [-0.39, 0.29) is 12.1 Å². The lowest BCUT2D eigenvalue weighted by Crippen LogP contribution is -2.24. The lowest BCUT2D eigenvalue weighted by molar-refractivity contribution is 0.431. The topological polar surface area (TPSA) is 12.0 Å². The molecule has 0 saturated carbocycles. The molecule has 1 nitrogen and oxygen atoms in total. The standard InChI is InChI=1S/C16H19F2NS/c1-3-5-15(16-6-4-9-20-16)19-11(2)13-8-7-12(17)10-14(13)18/h4,6-11,15,19H,3,5H2,1-2H3. The van der Waals surface area contributed by atoms with Crippen LogP contribution in [0.3, 0.4) is 0 Å². The molecule has 0 aliphatic carbocycles. The third-order valence-electron chi connectivity index (χ3n) is 3.34. The predicted molar refractivity (Wildman–Crippen MR) is 79.9 cm³/mol. The zero-order valence-electron chi connectivity index (χ0n) is 11.7. The first-order valence-electron chi connectivity index (χ1n) is 6.86. The molecule has 20 heavy (non-hydrogen) atoms. The van der Waals surface area contributed by atoms with Crippen molar-refractivity contribution in [1.29, 1.82) is 0 Å². The van der Waals surface area contributed by atoms with Gasteiger partial charge in [-0.15, -0.1) is 11.3 Å². The van der Waals surface area contributed by atoms with E-state index in [2.05, 4.69) is 18.3 Å². The van der Waals surface area contributed by atoms with Gasteiger partial charge in [0.1, 0.15) is 11.6 Å². The van der Waals surface area contributed by atoms with E-state index in [1.807, 2.05) is 18.4 Å². The van der Waals surface area contributed by atoms with Gasteiger partial charge in [-0.2, -0.15) is 0 Å². The van der Waals surface area contributed by atoms with Crippen LogP contribution in [0.1, 0.15) is 49.2 Å². The molecule has 1 aromatic carbocycles. The SMILES string of the molecule is CCCC(NC(C)c1ccc(F)cc1F)c1cccs1. The summed E-state index contributed by atoms with van der Waals surface area (Å²) in [6, 6.07) is 7.91. The first kappa shape index (κ1) is 15.1. The van der Waals surface area contributed by atoms with Crippen LogP contribution in [0.2, 0.25) is 0 Å². The Morgan fingerprint density at radius 1 is 1.25 bits per heavy atom. The second-order valence-corrected chi connectivity index (χ2v) is 5.89. The molecule has 0 amide bonds. The summed E-state index contributed by atoms with van der Waals surface area (Å²) >= 11 is 1.70. The molecule has 0 aliphatic heterocycles. The molecule has 1 aromatic heterocycles. The lowest BCUT2D eigenvalue weighted by atomic mass is 10.0. The van der Waals surface area contributed by atoms with Crippen molar-refractivity contribution >= 4 is 11.3 Å². The van der Waals surface area contributed by atoms with E-state index in [4.69, 9.17) is 0 Å². The number of halogens is 2. The van der Waals surface area contributed by atoms with Crippen LogP contribution in [0.25, 0.3) is 0 Å². The van der Waals surface area contributed by atoms with Gasteiger partial charge < -0.3 is 5.32 Å². The highest BCUT2D eigenvalue weighted by Crippen LogP contribution is 2.27. The quantitative estimate of drug-likeness (QED) is 0.770. The molecular weight excluding hydrogens is 276 g/mol. The molecule has 0 fully saturated rings. The van der Waals surface area contributed by atoms with Gasteiger partial charge in [-0.25, -0.2) is 8.78 Å². The summed E-state index contributed by atoms with van der Waals surface area (Å²) in [5.41, 5.74) is 0.504. The van der Waals surface area contributed by atoms with Crippen molar-refractivity contribution in [2.75, 3.05) is 0 Å². The molecule has 2 atom stereocenters. The Balaban J connectivity index is 2.13. The Hall–Kier alpha value is -1.26. The molecule has 2 aromatic rings. The van der Waals surface area contributed by atoms with Crippen LogP contribution in [-0.4, -0.2) is 0 Å². The van der Waals surface area contributed by atoms with E-state index < -0.39 is 11.6 Å². The van der Waals surface area contributed by atoms with Crippen molar-refractivity contribution < 1.29 is 8.78 Å². The van der Waals surface area contributed by atoms with E-state index >= 15 is 0 Å². The lowest BCUT2D eigenvalue weighted by Gasteiger charge is -2.23. The van der Waals surface area contributed by atoms with Gasteiger partial charge in [-0.3, -0.25) is 0 Å². The van der Waals surface area contributed by atoms with Gasteiger partial charge in [0.25, 0.3) is 0 Å². The van der Waals surface area contributed by atoms with E-state index in [1.165, 1.54) is 17.0 Å². The van der Waals surface area contributed by atoms with E-state index in [0.29, 0.717) is 5.56 Å². The van der Waals surface area contributed by atoms with Crippen LogP contribution < -0.4 is 5.32 Å². The number of benzene rings is 1. The summed E-state index contributed by atoms with van der Waals surface area (Å²) in [7, 11) is 0. The molecule has 0 spiro atoms. The van der Waals surface area contributed by atoms with E-state index in [0.717, 1.165) is 18.9 Å². The summed E-state index contributed by atoms with van der Waals surface area (Å²) in [6.45, 7) is 4.04. The van der Waals surface area contributed by atoms with Gasteiger partial charge >= 0.3 is 0 Å². The third kappa shape index (κ3) is 3.64. The average molecular weight is 295 g/mol. The van der Waals surface area contributed by atoms with Gasteiger partial charge in [0.15, 0.2) is 0 Å². The van der Waals surface area contributed by atoms with Crippen LogP contribution in [0.5, 0.6) is 0 Å². The minimum Gasteiger partial charge on any atom is -0.303 e. The summed E-state index contributed by atoms with van der Waals surface area (Å²) < 4.78 is 26.8. The maximum absolute atomic E-state index is 13.8. The fourth-order valence-electron chi connectivity index (χ4n) is 2.33. The maximum Gasteiger partial charge on any atom is 0.130 e. The van der Waals surface area contributed by atoms with Gasteiger partial charge in [0.05, 0.1) is 0 Å². The summed E-state index contributed by atoms with van der Waals surface area (Å²) in [6.07, 6.45) is 2.04. The van der Waals surface area contributed by atoms with Crippen LogP contribution in [0.4, 0.5) is 8.78 Å². The number of hydrogen-bond donors (Lipinski definition) is 1. The molecule has 1 heterocycles. The van der Waals surface area contributed by atoms with Crippen molar-refractivity contribution in [1.82, 2.24) is 5.32 Å². The first-order valence-corrected chi connectivity index (χ1v) is 7.74. The molecule has 2 rings (SSSR count). The van der Waals surface area contributed by atoms with Crippen molar-refractivity contribution in [3.63, 3.8) is 0 Å². The monoisotopic (exact) mass is 295 g/mol. The minimum atomic E-state index is -0.540. The van der Waals surface area contributed by atoms with Gasteiger partial charge in [0.2, 0.25) is 0 Å². The largest absolute Gasteiger partial charge is 0.303 e. The molecule has 0 radical (unpaired) electrons. The van der Waals surface area contributed by atoms with Crippen molar-refractivity contribution in [2.45, 2.75) is 38.8 Å². The third-order valence-corrected chi connectivity index (χ3v) is 4.33.